The molecular formula is C22H26N4O7. The number of hydrogen-bond donors (Lipinski definition) is 3. The highest BCUT2D eigenvalue weighted by atomic mass is 16.5. The van der Waals surface area contributed by atoms with E-state index in [9.17, 15) is 28.8 Å². The highest BCUT2D eigenvalue weighted by Crippen LogP contribution is 2.33. The predicted octanol–water partition coefficient (Wildman–Crippen LogP) is -0.112. The van der Waals surface area contributed by atoms with Gasteiger partial charge in [-0.1, -0.05) is 6.07 Å². The number of imide groups is 2. The van der Waals surface area contributed by atoms with E-state index in [0.29, 0.717) is 6.42 Å². The number of amides is 6. The lowest BCUT2D eigenvalue weighted by atomic mass is 10.0. The first-order valence-electron chi connectivity index (χ1n) is 10.7. The van der Waals surface area contributed by atoms with Gasteiger partial charge in [-0.15, -0.1) is 0 Å². The molecule has 1 fully saturated rings. The summed E-state index contributed by atoms with van der Waals surface area (Å²) in [5.74, 6) is -3.02. The lowest BCUT2D eigenvalue weighted by molar-refractivity contribution is -0.136. The molecule has 11 heteroatoms. The minimum atomic E-state index is -1.08. The van der Waals surface area contributed by atoms with E-state index in [1.54, 1.807) is 0 Å². The Kier molecular flexibility index (Phi) is 7.41. The molecule has 3 rings (SSSR count). The fourth-order valence-electron chi connectivity index (χ4n) is 3.67. The molecule has 1 aromatic rings. The van der Waals surface area contributed by atoms with Gasteiger partial charge in [0.1, 0.15) is 11.8 Å². The number of rotatable bonds is 9. The van der Waals surface area contributed by atoms with Crippen LogP contribution in [0, 0.1) is 0 Å². The van der Waals surface area contributed by atoms with Gasteiger partial charge in [0.25, 0.3) is 17.7 Å². The summed E-state index contributed by atoms with van der Waals surface area (Å²) < 4.78 is 5.49. The van der Waals surface area contributed by atoms with Crippen LogP contribution in [0.4, 0.5) is 0 Å². The molecule has 1 atom stereocenters. The van der Waals surface area contributed by atoms with Crippen molar-refractivity contribution < 1.29 is 33.5 Å². The van der Waals surface area contributed by atoms with Crippen molar-refractivity contribution in [3.63, 3.8) is 0 Å². The molecule has 1 unspecified atom stereocenters. The van der Waals surface area contributed by atoms with Crippen LogP contribution in [0.5, 0.6) is 5.75 Å². The van der Waals surface area contributed by atoms with Gasteiger partial charge in [0.2, 0.25) is 17.7 Å². The van der Waals surface area contributed by atoms with Crippen molar-refractivity contribution in [1.29, 1.82) is 0 Å². The minimum Gasteiger partial charge on any atom is -0.483 e. The zero-order valence-corrected chi connectivity index (χ0v) is 18.4. The van der Waals surface area contributed by atoms with Gasteiger partial charge >= 0.3 is 0 Å². The van der Waals surface area contributed by atoms with E-state index in [1.165, 1.54) is 18.2 Å². The third-order valence-electron chi connectivity index (χ3n) is 5.14. The maximum Gasteiger partial charge on any atom is 0.266 e. The summed E-state index contributed by atoms with van der Waals surface area (Å²) >= 11 is 0. The molecule has 0 aromatic heterocycles. The van der Waals surface area contributed by atoms with E-state index < -0.39 is 42.2 Å². The molecule has 1 saturated heterocycles. The molecule has 2 aliphatic rings. The van der Waals surface area contributed by atoms with Gasteiger partial charge in [0.15, 0.2) is 6.61 Å². The number of nitrogens with zero attached hydrogens (tertiary/aromatic N) is 1. The van der Waals surface area contributed by atoms with Gasteiger partial charge < -0.3 is 15.4 Å². The fourth-order valence-corrected chi connectivity index (χ4v) is 3.67. The Morgan fingerprint density at radius 1 is 1.15 bits per heavy atom. The number of piperidine rings is 1. The van der Waals surface area contributed by atoms with Crippen molar-refractivity contribution >= 4 is 35.4 Å². The van der Waals surface area contributed by atoms with Crippen molar-refractivity contribution in [3.05, 3.63) is 29.3 Å². The minimum absolute atomic E-state index is 0.0203. The van der Waals surface area contributed by atoms with Crippen LogP contribution in [-0.2, 0) is 19.2 Å². The smallest absolute Gasteiger partial charge is 0.266 e. The maximum absolute atomic E-state index is 13.0. The number of ether oxygens (including phenoxy) is 1. The first kappa shape index (κ1) is 23.9. The monoisotopic (exact) mass is 458 g/mol. The zero-order valence-electron chi connectivity index (χ0n) is 18.4. The summed E-state index contributed by atoms with van der Waals surface area (Å²) in [6.07, 6.45) is 0.799. The van der Waals surface area contributed by atoms with Crippen LogP contribution in [0.2, 0.25) is 0 Å². The summed E-state index contributed by atoms with van der Waals surface area (Å²) in [4.78, 5) is 73.8. The van der Waals surface area contributed by atoms with E-state index >= 15 is 0 Å². The van der Waals surface area contributed by atoms with E-state index in [1.807, 2.05) is 13.8 Å². The Hall–Kier alpha value is -3.76. The number of fused-ring (bicyclic) bond motifs is 1. The Bertz CT molecular complexity index is 1000. The largest absolute Gasteiger partial charge is 0.483 e. The van der Waals surface area contributed by atoms with E-state index in [-0.39, 0.29) is 54.6 Å². The van der Waals surface area contributed by atoms with Crippen LogP contribution < -0.4 is 20.7 Å². The van der Waals surface area contributed by atoms with Gasteiger partial charge in [-0.2, -0.15) is 0 Å². The molecule has 2 heterocycles. The summed E-state index contributed by atoms with van der Waals surface area (Å²) in [5.41, 5.74) is 0.0455. The molecule has 3 N–H and O–H groups in total. The molecule has 0 bridgehead atoms. The molecule has 6 amide bonds. The third kappa shape index (κ3) is 5.54. The topological polar surface area (TPSA) is 151 Å². The van der Waals surface area contributed by atoms with Gasteiger partial charge in [-0.05, 0) is 38.8 Å². The molecule has 0 spiro atoms. The van der Waals surface area contributed by atoms with Gasteiger partial charge in [0.05, 0.1) is 11.1 Å². The van der Waals surface area contributed by atoms with Gasteiger partial charge in [-0.25, -0.2) is 0 Å². The van der Waals surface area contributed by atoms with Crippen molar-refractivity contribution in [2.45, 2.75) is 51.6 Å². The van der Waals surface area contributed by atoms with E-state index in [4.69, 9.17) is 4.74 Å². The SMILES string of the molecule is CC(C)NC(=O)CCCNC(=O)COc1cccc2c1C(=O)N(C1CCC(=O)NC1=O)C2=O. The highest BCUT2D eigenvalue weighted by molar-refractivity contribution is 6.24. The second-order valence-corrected chi connectivity index (χ2v) is 8.09. The standard InChI is InChI=1S/C22H26N4O7/c1-12(2)24-16(27)7-4-10-23-18(29)11-33-15-6-3-5-13-19(15)22(32)26(21(13)31)14-8-9-17(28)25-20(14)30/h3,5-6,12,14H,4,7-11H2,1-2H3,(H,23,29)(H,24,27)(H,25,28,30). The van der Waals surface area contributed by atoms with Crippen molar-refractivity contribution in [2.24, 2.45) is 0 Å². The Balaban J connectivity index is 1.57. The molecule has 11 nitrogen and oxygen atoms in total. The van der Waals surface area contributed by atoms with Gasteiger partial charge in [0, 0.05) is 25.4 Å². The summed E-state index contributed by atoms with van der Waals surface area (Å²) in [7, 11) is 0. The van der Waals surface area contributed by atoms with Crippen LogP contribution in [0.15, 0.2) is 18.2 Å². The third-order valence-corrected chi connectivity index (χ3v) is 5.14. The summed E-state index contributed by atoms with van der Waals surface area (Å²) in [6, 6.07) is 3.38. The Morgan fingerprint density at radius 3 is 2.61 bits per heavy atom. The van der Waals surface area contributed by atoms with Crippen molar-refractivity contribution in [1.82, 2.24) is 20.9 Å². The van der Waals surface area contributed by atoms with Crippen molar-refractivity contribution in [3.8, 4) is 5.75 Å². The van der Waals surface area contributed by atoms with Crippen LogP contribution in [0.1, 0.15) is 60.2 Å². The number of carbonyl (C=O) groups excluding carboxylic acids is 6. The van der Waals surface area contributed by atoms with E-state index in [0.717, 1.165) is 4.90 Å². The molecule has 33 heavy (non-hydrogen) atoms. The summed E-state index contributed by atoms with van der Waals surface area (Å²) in [5, 5.41) is 7.52. The number of hydrogen-bond acceptors (Lipinski definition) is 7. The first-order valence-corrected chi connectivity index (χ1v) is 10.7. The van der Waals surface area contributed by atoms with Crippen LogP contribution >= 0.6 is 0 Å². The molecular weight excluding hydrogens is 432 g/mol. The second-order valence-electron chi connectivity index (χ2n) is 8.09. The average Bonchev–Trinajstić information content (AvgIpc) is 3.00. The van der Waals surface area contributed by atoms with Crippen LogP contribution in [-0.4, -0.2) is 65.6 Å². The van der Waals surface area contributed by atoms with Crippen LogP contribution in [0.25, 0.3) is 0 Å². The lowest BCUT2D eigenvalue weighted by Gasteiger charge is -2.27. The molecule has 176 valence electrons. The number of nitrogens with one attached hydrogen (secondary N) is 3. The molecule has 2 aliphatic heterocycles. The normalized spacial score (nSPS) is 17.7. The van der Waals surface area contributed by atoms with Crippen molar-refractivity contribution in [2.75, 3.05) is 13.2 Å². The molecule has 0 aliphatic carbocycles. The quantitative estimate of drug-likeness (QED) is 0.345. The fraction of sp³-hybridized carbons (Fsp3) is 0.455. The zero-order chi connectivity index (χ0) is 24.1. The first-order chi connectivity index (χ1) is 15.7. The van der Waals surface area contributed by atoms with E-state index in [2.05, 4.69) is 16.0 Å². The lowest BCUT2D eigenvalue weighted by Crippen LogP contribution is -2.54. The molecule has 0 saturated carbocycles. The highest BCUT2D eigenvalue weighted by Gasteiger charge is 2.46. The Morgan fingerprint density at radius 2 is 1.91 bits per heavy atom. The second kappa shape index (κ2) is 10.2. The number of benzene rings is 1. The average molecular weight is 458 g/mol. The maximum atomic E-state index is 13.0. The van der Waals surface area contributed by atoms with Crippen LogP contribution in [0.3, 0.4) is 0 Å². The summed E-state index contributed by atoms with van der Waals surface area (Å²) in [6.45, 7) is 3.61. The number of carbonyl (C=O) groups is 6. The Labute approximate surface area is 190 Å². The van der Waals surface area contributed by atoms with Gasteiger partial charge in [-0.3, -0.25) is 39.0 Å². The molecule has 1 aromatic carbocycles. The molecule has 0 radical (unpaired) electrons. The predicted molar refractivity (Wildman–Crippen MR) is 114 cm³/mol.